The van der Waals surface area contributed by atoms with Crippen molar-refractivity contribution in [1.82, 2.24) is 25.4 Å². The number of nitrogens with one attached hydrogen (secondary N) is 2. The molecular formula is C27H30F4N6O2. The van der Waals surface area contributed by atoms with Crippen LogP contribution in [0.5, 0.6) is 0 Å². The fourth-order valence-electron chi connectivity index (χ4n) is 4.79. The molecule has 1 aliphatic heterocycles. The molecule has 2 aromatic rings. The Morgan fingerprint density at radius 1 is 1.10 bits per heavy atom. The summed E-state index contributed by atoms with van der Waals surface area (Å²) in [6, 6.07) is 10.6. The number of piperazine rings is 1. The van der Waals surface area contributed by atoms with Crippen LogP contribution in [0.3, 0.4) is 0 Å². The molecule has 8 nitrogen and oxygen atoms in total. The summed E-state index contributed by atoms with van der Waals surface area (Å²) in [5, 5.41) is 15.1. The summed E-state index contributed by atoms with van der Waals surface area (Å²) in [6.07, 6.45) is -1.21. The minimum Gasteiger partial charge on any atom is -0.340 e. The number of amides is 2. The predicted octanol–water partition coefficient (Wildman–Crippen LogP) is 2.82. The largest absolute Gasteiger partial charge is 0.401 e. The van der Waals surface area contributed by atoms with E-state index in [2.05, 4.69) is 15.6 Å². The molecule has 0 bridgehead atoms. The Hall–Kier alpha value is -3.56. The SMILES string of the molecule is N#Cc1ccc(C(=O)N[C@@H](CCCN[C@@H]2C[C@H]2c2ccc(F)cc2)C(=O)N2CCN(CC(F)(F)F)CC2)cn1. The molecular weight excluding hydrogens is 516 g/mol. The summed E-state index contributed by atoms with van der Waals surface area (Å²) in [7, 11) is 0. The highest BCUT2D eigenvalue weighted by Crippen LogP contribution is 2.40. The lowest BCUT2D eigenvalue weighted by Crippen LogP contribution is -2.56. The van der Waals surface area contributed by atoms with Crippen LogP contribution in [-0.4, -0.2) is 84.1 Å². The number of hydrogen-bond donors (Lipinski definition) is 2. The van der Waals surface area contributed by atoms with Gasteiger partial charge in [-0.3, -0.25) is 14.5 Å². The standard InChI is InChI=1S/C27H30F4N6O2/c28-20-6-3-18(4-7-20)22-14-24(22)33-9-1-2-23(35-25(38)19-5-8-21(15-32)34-16-19)26(39)37-12-10-36(11-13-37)17-27(29,30)31/h3-8,16,22-24,33H,1-2,9-14,17H2,(H,35,38)/t22-,23-,24+/m0/s1. The number of rotatable bonds is 10. The van der Waals surface area contributed by atoms with Crippen LogP contribution in [0.2, 0.25) is 0 Å². The van der Waals surface area contributed by atoms with Crippen LogP contribution in [0.4, 0.5) is 17.6 Å². The molecule has 0 unspecified atom stereocenters. The van der Waals surface area contributed by atoms with E-state index in [1.165, 1.54) is 40.3 Å². The van der Waals surface area contributed by atoms with E-state index in [-0.39, 0.29) is 55.2 Å². The Morgan fingerprint density at radius 3 is 2.44 bits per heavy atom. The third-order valence-electron chi connectivity index (χ3n) is 7.00. The van der Waals surface area contributed by atoms with E-state index in [0.717, 1.165) is 12.0 Å². The van der Waals surface area contributed by atoms with Crippen molar-refractivity contribution in [2.45, 2.75) is 43.4 Å². The molecule has 2 heterocycles. The Labute approximate surface area is 224 Å². The van der Waals surface area contributed by atoms with Crippen LogP contribution in [-0.2, 0) is 4.79 Å². The van der Waals surface area contributed by atoms with Gasteiger partial charge in [0.25, 0.3) is 5.91 Å². The number of pyridine rings is 1. The topological polar surface area (TPSA) is 101 Å². The van der Waals surface area contributed by atoms with Crippen molar-refractivity contribution in [3.63, 3.8) is 0 Å². The lowest BCUT2D eigenvalue weighted by molar-refractivity contribution is -0.152. The van der Waals surface area contributed by atoms with Crippen molar-refractivity contribution in [1.29, 1.82) is 5.26 Å². The van der Waals surface area contributed by atoms with Gasteiger partial charge in [0.05, 0.1) is 12.1 Å². The second-order valence-electron chi connectivity index (χ2n) is 9.88. The minimum atomic E-state index is -4.30. The third kappa shape index (κ3) is 8.21. The Morgan fingerprint density at radius 2 is 1.82 bits per heavy atom. The molecule has 1 aromatic carbocycles. The summed E-state index contributed by atoms with van der Waals surface area (Å²) in [5.74, 6) is -0.834. The summed E-state index contributed by atoms with van der Waals surface area (Å²) in [4.78, 5) is 32.8. The molecule has 2 amide bonds. The van der Waals surface area contributed by atoms with E-state index in [9.17, 15) is 27.2 Å². The molecule has 2 aliphatic rings. The monoisotopic (exact) mass is 546 g/mol. The van der Waals surface area contributed by atoms with Crippen molar-refractivity contribution in [2.24, 2.45) is 0 Å². The summed E-state index contributed by atoms with van der Waals surface area (Å²) >= 11 is 0. The quantitative estimate of drug-likeness (QED) is 0.351. The van der Waals surface area contributed by atoms with Gasteiger partial charge in [-0.25, -0.2) is 9.37 Å². The second-order valence-corrected chi connectivity index (χ2v) is 9.88. The molecule has 39 heavy (non-hydrogen) atoms. The highest BCUT2D eigenvalue weighted by molar-refractivity contribution is 5.97. The van der Waals surface area contributed by atoms with Crippen molar-refractivity contribution in [3.05, 3.63) is 65.2 Å². The van der Waals surface area contributed by atoms with Crippen molar-refractivity contribution in [2.75, 3.05) is 39.3 Å². The smallest absolute Gasteiger partial charge is 0.340 e. The number of aromatic nitrogens is 1. The summed E-state index contributed by atoms with van der Waals surface area (Å²) in [6.45, 7) is 0.0458. The molecule has 2 N–H and O–H groups in total. The van der Waals surface area contributed by atoms with Gasteiger partial charge in [0.1, 0.15) is 23.6 Å². The van der Waals surface area contributed by atoms with Crippen molar-refractivity contribution in [3.8, 4) is 6.07 Å². The molecule has 208 valence electrons. The molecule has 1 aromatic heterocycles. The van der Waals surface area contributed by atoms with Crippen LogP contribution in [0, 0.1) is 17.1 Å². The van der Waals surface area contributed by atoms with E-state index in [1.54, 1.807) is 12.1 Å². The highest BCUT2D eigenvalue weighted by Gasteiger charge is 2.38. The molecule has 4 rings (SSSR count). The number of alkyl halides is 3. The fourth-order valence-corrected chi connectivity index (χ4v) is 4.79. The first-order chi connectivity index (χ1) is 18.6. The maximum absolute atomic E-state index is 13.3. The van der Waals surface area contributed by atoms with E-state index in [4.69, 9.17) is 5.26 Å². The first-order valence-corrected chi connectivity index (χ1v) is 12.9. The van der Waals surface area contributed by atoms with Gasteiger partial charge in [-0.2, -0.15) is 18.4 Å². The van der Waals surface area contributed by atoms with Gasteiger partial charge >= 0.3 is 6.18 Å². The predicted molar refractivity (Wildman–Crippen MR) is 134 cm³/mol. The van der Waals surface area contributed by atoms with Crippen LogP contribution in [0.25, 0.3) is 0 Å². The maximum Gasteiger partial charge on any atom is 0.401 e. The van der Waals surface area contributed by atoms with Gasteiger partial charge < -0.3 is 15.5 Å². The number of halogens is 4. The molecule has 1 saturated heterocycles. The first-order valence-electron chi connectivity index (χ1n) is 12.9. The van der Waals surface area contributed by atoms with Gasteiger partial charge in [-0.1, -0.05) is 12.1 Å². The first kappa shape index (κ1) is 28.4. The second kappa shape index (κ2) is 12.5. The van der Waals surface area contributed by atoms with Gasteiger partial charge in [0, 0.05) is 44.3 Å². The average molecular weight is 547 g/mol. The van der Waals surface area contributed by atoms with Crippen LogP contribution in [0.1, 0.15) is 46.8 Å². The van der Waals surface area contributed by atoms with Gasteiger partial charge in [0.2, 0.25) is 5.91 Å². The lowest BCUT2D eigenvalue weighted by Gasteiger charge is -2.36. The average Bonchev–Trinajstić information content (AvgIpc) is 3.69. The third-order valence-corrected chi connectivity index (χ3v) is 7.00. The Balaban J connectivity index is 1.32. The summed E-state index contributed by atoms with van der Waals surface area (Å²) in [5.41, 5.74) is 1.41. The molecule has 1 aliphatic carbocycles. The van der Waals surface area contributed by atoms with E-state index in [1.807, 2.05) is 6.07 Å². The molecule has 12 heteroatoms. The van der Waals surface area contributed by atoms with E-state index >= 15 is 0 Å². The minimum absolute atomic E-state index is 0.0967. The number of hydrogen-bond acceptors (Lipinski definition) is 6. The van der Waals surface area contributed by atoms with Gasteiger partial charge in [0.15, 0.2) is 0 Å². The molecule has 0 radical (unpaired) electrons. The zero-order valence-corrected chi connectivity index (χ0v) is 21.3. The number of nitrogens with zero attached hydrogens (tertiary/aromatic N) is 4. The lowest BCUT2D eigenvalue weighted by atomic mass is 10.1. The maximum atomic E-state index is 13.3. The van der Waals surface area contributed by atoms with E-state index < -0.39 is 24.7 Å². The Bertz CT molecular complexity index is 1170. The number of carbonyl (C=O) groups is 2. The van der Waals surface area contributed by atoms with Crippen molar-refractivity contribution < 1.29 is 27.2 Å². The molecule has 0 spiro atoms. The normalized spacial score (nSPS) is 20.2. The fraction of sp³-hybridized carbons (Fsp3) is 0.481. The zero-order chi connectivity index (χ0) is 28.0. The zero-order valence-electron chi connectivity index (χ0n) is 21.3. The van der Waals surface area contributed by atoms with Gasteiger partial charge in [-0.15, -0.1) is 0 Å². The molecule has 1 saturated carbocycles. The molecule has 3 atom stereocenters. The molecule has 2 fully saturated rings. The Kier molecular flexibility index (Phi) is 9.14. The van der Waals surface area contributed by atoms with Crippen LogP contribution >= 0.6 is 0 Å². The van der Waals surface area contributed by atoms with Crippen LogP contribution in [0.15, 0.2) is 42.6 Å². The number of benzene rings is 1. The van der Waals surface area contributed by atoms with E-state index in [0.29, 0.717) is 25.3 Å². The number of carbonyl (C=O) groups excluding carboxylic acids is 2. The number of nitriles is 1. The highest BCUT2D eigenvalue weighted by atomic mass is 19.4. The summed E-state index contributed by atoms with van der Waals surface area (Å²) < 4.78 is 51.4. The van der Waals surface area contributed by atoms with Crippen molar-refractivity contribution >= 4 is 11.8 Å². The van der Waals surface area contributed by atoms with Crippen LogP contribution < -0.4 is 10.6 Å². The van der Waals surface area contributed by atoms with Gasteiger partial charge in [-0.05, 0) is 55.6 Å².